The molecule has 0 unspecified atom stereocenters. The van der Waals surface area contributed by atoms with Crippen molar-refractivity contribution in [3.05, 3.63) is 24.0 Å². The van der Waals surface area contributed by atoms with Crippen molar-refractivity contribution in [2.75, 3.05) is 5.43 Å². The Morgan fingerprint density at radius 1 is 1.58 bits per heavy atom. The zero-order chi connectivity index (χ0) is 14.4. The number of anilines is 1. The zero-order valence-electron chi connectivity index (χ0n) is 10.6. The van der Waals surface area contributed by atoms with E-state index in [1.807, 2.05) is 0 Å². The number of benzene rings is 1. The number of hydrogen-bond donors (Lipinski definition) is 3. The number of rotatable bonds is 5. The van der Waals surface area contributed by atoms with Gasteiger partial charge in [-0.1, -0.05) is 6.07 Å². The van der Waals surface area contributed by atoms with Crippen LogP contribution in [-0.2, 0) is 0 Å². The highest BCUT2D eigenvalue weighted by molar-refractivity contribution is 6.45. The number of amidine groups is 1. The van der Waals surface area contributed by atoms with E-state index in [0.717, 1.165) is 0 Å². The Labute approximate surface area is 110 Å². The maximum atomic E-state index is 13.7. The standard InChI is InChI=1S/C12H14FN5O/c1-7(2)19-10-5-3-4-8(13)11(10)18-17-9(6-14)12(15)16/h3-5,7,18H,1-2H3,(H3,15,16)/b17-9+. The van der Waals surface area contributed by atoms with Crippen molar-refractivity contribution in [3.8, 4) is 11.8 Å². The van der Waals surface area contributed by atoms with Gasteiger partial charge in [0.25, 0.3) is 0 Å². The molecule has 0 spiro atoms. The van der Waals surface area contributed by atoms with Crippen LogP contribution in [0, 0.1) is 22.6 Å². The van der Waals surface area contributed by atoms with E-state index in [9.17, 15) is 4.39 Å². The van der Waals surface area contributed by atoms with Crippen LogP contribution >= 0.6 is 0 Å². The highest BCUT2D eigenvalue weighted by atomic mass is 19.1. The van der Waals surface area contributed by atoms with Crippen LogP contribution in [0.25, 0.3) is 0 Å². The van der Waals surface area contributed by atoms with E-state index in [2.05, 4.69) is 10.5 Å². The van der Waals surface area contributed by atoms with Crippen molar-refractivity contribution in [3.63, 3.8) is 0 Å². The fraction of sp³-hybridized carbons (Fsp3) is 0.250. The van der Waals surface area contributed by atoms with Crippen LogP contribution in [0.4, 0.5) is 10.1 Å². The lowest BCUT2D eigenvalue weighted by Crippen LogP contribution is -2.22. The van der Waals surface area contributed by atoms with Crippen molar-refractivity contribution in [2.24, 2.45) is 10.8 Å². The summed E-state index contributed by atoms with van der Waals surface area (Å²) in [5.41, 5.74) is 7.15. The molecule has 1 aromatic carbocycles. The van der Waals surface area contributed by atoms with Crippen LogP contribution in [-0.4, -0.2) is 17.7 Å². The van der Waals surface area contributed by atoms with Crippen molar-refractivity contribution >= 4 is 17.2 Å². The molecule has 0 amide bonds. The molecule has 0 aliphatic rings. The lowest BCUT2D eigenvalue weighted by molar-refractivity contribution is 0.243. The molecule has 7 heteroatoms. The molecule has 0 bridgehead atoms. The van der Waals surface area contributed by atoms with Crippen molar-refractivity contribution in [2.45, 2.75) is 20.0 Å². The third-order valence-corrected chi connectivity index (χ3v) is 1.98. The molecule has 0 saturated carbocycles. The summed E-state index contributed by atoms with van der Waals surface area (Å²) >= 11 is 0. The van der Waals surface area contributed by atoms with E-state index >= 15 is 0 Å². The summed E-state index contributed by atoms with van der Waals surface area (Å²) in [5.74, 6) is -0.819. The zero-order valence-corrected chi connectivity index (χ0v) is 10.6. The first-order chi connectivity index (χ1) is 8.95. The number of halogens is 1. The number of nitriles is 1. The molecule has 0 heterocycles. The molecule has 19 heavy (non-hydrogen) atoms. The number of nitrogens with two attached hydrogens (primary N) is 1. The Balaban J connectivity index is 3.06. The van der Waals surface area contributed by atoms with Gasteiger partial charge in [0.05, 0.1) is 6.10 Å². The van der Waals surface area contributed by atoms with Gasteiger partial charge >= 0.3 is 0 Å². The molecule has 1 rings (SSSR count). The lowest BCUT2D eigenvalue weighted by Gasteiger charge is -2.14. The van der Waals surface area contributed by atoms with E-state index < -0.39 is 11.7 Å². The number of para-hydroxylation sites is 1. The van der Waals surface area contributed by atoms with Gasteiger partial charge in [-0.15, -0.1) is 0 Å². The minimum Gasteiger partial charge on any atom is -0.489 e. The monoisotopic (exact) mass is 263 g/mol. The first-order valence-electron chi connectivity index (χ1n) is 5.49. The summed E-state index contributed by atoms with van der Waals surface area (Å²) < 4.78 is 19.1. The third kappa shape index (κ3) is 3.96. The fourth-order valence-electron chi connectivity index (χ4n) is 1.22. The van der Waals surface area contributed by atoms with Gasteiger partial charge in [-0.3, -0.25) is 10.8 Å². The van der Waals surface area contributed by atoms with Crippen LogP contribution in [0.1, 0.15) is 13.8 Å². The Morgan fingerprint density at radius 3 is 2.79 bits per heavy atom. The molecule has 4 N–H and O–H groups in total. The third-order valence-electron chi connectivity index (χ3n) is 1.98. The molecule has 0 saturated heterocycles. The Kier molecular flexibility index (Phi) is 4.83. The van der Waals surface area contributed by atoms with Gasteiger partial charge in [0.1, 0.15) is 17.5 Å². The second-order valence-corrected chi connectivity index (χ2v) is 3.88. The SMILES string of the molecule is CC(C)Oc1cccc(F)c1N/N=C(\C#N)C(=N)N. The molecule has 100 valence electrons. The quantitative estimate of drug-likeness (QED) is 0.428. The normalized spacial score (nSPS) is 11.0. The van der Waals surface area contributed by atoms with Crippen LogP contribution in [0.3, 0.4) is 0 Å². The second kappa shape index (κ2) is 6.35. The average molecular weight is 263 g/mol. The average Bonchev–Trinajstić information content (AvgIpc) is 2.31. The van der Waals surface area contributed by atoms with Gasteiger partial charge in [-0.25, -0.2) is 4.39 Å². The summed E-state index contributed by atoms with van der Waals surface area (Å²) in [6, 6.07) is 5.92. The van der Waals surface area contributed by atoms with E-state index in [1.165, 1.54) is 12.1 Å². The molecule has 0 aliphatic carbocycles. The van der Waals surface area contributed by atoms with Crippen LogP contribution in [0.2, 0.25) is 0 Å². The predicted octanol–water partition coefficient (Wildman–Crippen LogP) is 1.84. The molecule has 0 radical (unpaired) electrons. The fourth-order valence-corrected chi connectivity index (χ4v) is 1.22. The molecule has 6 nitrogen and oxygen atoms in total. The minimum atomic E-state index is -0.581. The largest absolute Gasteiger partial charge is 0.489 e. The predicted molar refractivity (Wildman–Crippen MR) is 70.7 cm³/mol. The Bertz CT molecular complexity index is 548. The van der Waals surface area contributed by atoms with Crippen molar-refractivity contribution in [1.82, 2.24) is 0 Å². The second-order valence-electron chi connectivity index (χ2n) is 3.88. The summed E-state index contributed by atoms with van der Waals surface area (Å²) in [7, 11) is 0. The number of hydrogen-bond acceptors (Lipinski definition) is 5. The highest BCUT2D eigenvalue weighted by Crippen LogP contribution is 2.28. The van der Waals surface area contributed by atoms with E-state index in [0.29, 0.717) is 0 Å². The van der Waals surface area contributed by atoms with Crippen molar-refractivity contribution in [1.29, 1.82) is 10.7 Å². The van der Waals surface area contributed by atoms with E-state index in [1.54, 1.807) is 26.0 Å². The maximum Gasteiger partial charge on any atom is 0.201 e. The molecule has 1 aromatic rings. The number of ether oxygens (including phenoxy) is 1. The molecule has 0 atom stereocenters. The smallest absolute Gasteiger partial charge is 0.201 e. The summed E-state index contributed by atoms with van der Waals surface area (Å²) in [5, 5.41) is 19.4. The van der Waals surface area contributed by atoms with Gasteiger partial charge < -0.3 is 10.5 Å². The maximum absolute atomic E-state index is 13.7. The summed E-state index contributed by atoms with van der Waals surface area (Å²) in [6.45, 7) is 3.60. The Morgan fingerprint density at radius 2 is 2.26 bits per heavy atom. The van der Waals surface area contributed by atoms with Crippen LogP contribution < -0.4 is 15.9 Å². The molecule has 0 fully saturated rings. The van der Waals surface area contributed by atoms with E-state index in [4.69, 9.17) is 21.1 Å². The molecular formula is C12H14FN5O. The number of nitrogens with one attached hydrogen (secondary N) is 2. The minimum absolute atomic E-state index is 0.00907. The molecule has 0 aliphatic heterocycles. The van der Waals surface area contributed by atoms with Gasteiger partial charge in [0.15, 0.2) is 11.7 Å². The number of nitrogens with zero attached hydrogens (tertiary/aromatic N) is 2. The first-order valence-corrected chi connectivity index (χ1v) is 5.49. The van der Waals surface area contributed by atoms with Gasteiger partial charge in [-0.2, -0.15) is 10.4 Å². The highest BCUT2D eigenvalue weighted by Gasteiger charge is 2.11. The molecule has 0 aromatic heterocycles. The topological polar surface area (TPSA) is 107 Å². The number of hydrazone groups is 1. The first kappa shape index (κ1) is 14.4. The van der Waals surface area contributed by atoms with Gasteiger partial charge in [0, 0.05) is 0 Å². The lowest BCUT2D eigenvalue weighted by atomic mass is 10.3. The van der Waals surface area contributed by atoms with Crippen molar-refractivity contribution < 1.29 is 9.13 Å². The molecular weight excluding hydrogens is 249 g/mol. The van der Waals surface area contributed by atoms with Gasteiger partial charge in [0.2, 0.25) is 5.71 Å². The summed E-state index contributed by atoms with van der Waals surface area (Å²) in [6.07, 6.45) is -0.144. The van der Waals surface area contributed by atoms with E-state index in [-0.39, 0.29) is 23.3 Å². The van der Waals surface area contributed by atoms with Crippen LogP contribution in [0.15, 0.2) is 23.3 Å². The Hall–Kier alpha value is -2.62. The van der Waals surface area contributed by atoms with Gasteiger partial charge in [-0.05, 0) is 26.0 Å². The van der Waals surface area contributed by atoms with Crippen LogP contribution in [0.5, 0.6) is 5.75 Å². The summed E-state index contributed by atoms with van der Waals surface area (Å²) in [4.78, 5) is 0.